The molecule has 1 aliphatic rings. The van der Waals surface area contributed by atoms with Gasteiger partial charge in [-0.2, -0.15) is 0 Å². The van der Waals surface area contributed by atoms with Gasteiger partial charge in [0.05, 0.1) is 12.7 Å². The van der Waals surface area contributed by atoms with Gasteiger partial charge in [0.2, 0.25) is 0 Å². The van der Waals surface area contributed by atoms with Gasteiger partial charge in [0.1, 0.15) is 11.7 Å². The molecule has 66 valence electrons. The first-order valence-corrected chi connectivity index (χ1v) is 3.50. The lowest BCUT2D eigenvalue weighted by molar-refractivity contribution is -0.158. The van der Waals surface area contributed by atoms with E-state index < -0.39 is 24.4 Å². The largest absolute Gasteiger partial charge is 0.393 e. The van der Waals surface area contributed by atoms with E-state index in [2.05, 4.69) is 5.32 Å². The van der Waals surface area contributed by atoms with Crippen molar-refractivity contribution in [3.05, 3.63) is 0 Å². The monoisotopic (exact) mass is 163 g/mol. The molecule has 5 nitrogen and oxygen atoms in total. The summed E-state index contributed by atoms with van der Waals surface area (Å²) in [5.74, 6) is 0. The van der Waals surface area contributed by atoms with Crippen LogP contribution in [0.15, 0.2) is 0 Å². The number of rotatable bonds is 1. The Bertz CT molecular complexity index is 143. The molecule has 1 heterocycles. The fraction of sp³-hybridized carbons (Fsp3) is 1.00. The van der Waals surface area contributed by atoms with Crippen LogP contribution in [-0.2, 0) is 0 Å². The normalized spacial score (nSPS) is 45.8. The molecule has 1 rings (SSSR count). The molecule has 0 spiro atoms. The van der Waals surface area contributed by atoms with Crippen LogP contribution < -0.4 is 5.32 Å². The third-order valence-corrected chi connectivity index (χ3v) is 1.97. The minimum Gasteiger partial charge on any atom is -0.393 e. The smallest absolute Gasteiger partial charge is 0.128 e. The van der Waals surface area contributed by atoms with Crippen LogP contribution in [0.5, 0.6) is 0 Å². The Hall–Kier alpha value is -0.200. The van der Waals surface area contributed by atoms with Crippen LogP contribution in [0.25, 0.3) is 0 Å². The van der Waals surface area contributed by atoms with Gasteiger partial charge in [0.25, 0.3) is 0 Å². The van der Waals surface area contributed by atoms with Gasteiger partial charge in [-0.25, -0.2) is 0 Å². The van der Waals surface area contributed by atoms with Crippen LogP contribution in [0.4, 0.5) is 0 Å². The lowest BCUT2D eigenvalue weighted by Crippen LogP contribution is -2.64. The molecule has 0 aliphatic carbocycles. The van der Waals surface area contributed by atoms with Crippen molar-refractivity contribution in [2.75, 3.05) is 19.7 Å². The summed E-state index contributed by atoms with van der Waals surface area (Å²) in [7, 11) is 0. The Balaban J connectivity index is 2.64. The Labute approximate surface area is 64.3 Å². The highest BCUT2D eigenvalue weighted by molar-refractivity contribution is 4.96. The van der Waals surface area contributed by atoms with E-state index in [9.17, 15) is 10.2 Å². The highest BCUT2D eigenvalue weighted by atomic mass is 16.4. The molecule has 0 amide bonds. The molecule has 5 N–H and O–H groups in total. The van der Waals surface area contributed by atoms with E-state index in [4.69, 9.17) is 10.2 Å². The van der Waals surface area contributed by atoms with Gasteiger partial charge in [-0.3, -0.25) is 0 Å². The number of aliphatic hydroxyl groups excluding tert-OH is 3. The first kappa shape index (κ1) is 8.89. The zero-order valence-corrected chi connectivity index (χ0v) is 6.06. The lowest BCUT2D eigenvalue weighted by Gasteiger charge is -2.38. The van der Waals surface area contributed by atoms with Gasteiger partial charge in [-0.15, -0.1) is 0 Å². The third kappa shape index (κ3) is 1.52. The second-order valence-electron chi connectivity index (χ2n) is 2.90. The Kier molecular flexibility index (Phi) is 2.46. The van der Waals surface area contributed by atoms with Crippen molar-refractivity contribution in [1.29, 1.82) is 0 Å². The SMILES string of the molecule is OC[C@]1(O)CNC[C@H](O)[C@H]1O. The predicted molar refractivity (Wildman–Crippen MR) is 36.9 cm³/mol. The standard InChI is InChI=1S/C6H13NO4/c8-3-6(11)2-7-1-4(9)5(6)10/h4-5,7-11H,1-3H2/t4-,5+,6+/m0/s1. The summed E-state index contributed by atoms with van der Waals surface area (Å²) in [4.78, 5) is 0. The molecule has 1 aliphatic heterocycles. The molecule has 1 saturated heterocycles. The van der Waals surface area contributed by atoms with Gasteiger partial charge in [-0.1, -0.05) is 0 Å². The van der Waals surface area contributed by atoms with E-state index >= 15 is 0 Å². The maximum atomic E-state index is 9.40. The van der Waals surface area contributed by atoms with E-state index in [1.807, 2.05) is 0 Å². The first-order chi connectivity index (χ1) is 5.10. The molecule has 0 radical (unpaired) electrons. The average molecular weight is 163 g/mol. The molecule has 5 heteroatoms. The summed E-state index contributed by atoms with van der Waals surface area (Å²) in [6.07, 6.45) is -2.28. The molecule has 0 aromatic carbocycles. The van der Waals surface area contributed by atoms with E-state index in [0.29, 0.717) is 0 Å². The van der Waals surface area contributed by atoms with Crippen molar-refractivity contribution in [2.24, 2.45) is 0 Å². The molecule has 3 atom stereocenters. The van der Waals surface area contributed by atoms with E-state index in [1.165, 1.54) is 0 Å². The van der Waals surface area contributed by atoms with Crippen molar-refractivity contribution in [3.8, 4) is 0 Å². The minimum atomic E-state index is -1.60. The van der Waals surface area contributed by atoms with Gasteiger partial charge in [0.15, 0.2) is 0 Å². The minimum absolute atomic E-state index is 0.0989. The van der Waals surface area contributed by atoms with Crippen LogP contribution in [0.3, 0.4) is 0 Å². The zero-order chi connectivity index (χ0) is 8.48. The summed E-state index contributed by atoms with van der Waals surface area (Å²) in [6.45, 7) is -0.219. The highest BCUT2D eigenvalue weighted by Gasteiger charge is 2.42. The molecule has 11 heavy (non-hydrogen) atoms. The molecule has 1 fully saturated rings. The predicted octanol–water partition coefficient (Wildman–Crippen LogP) is -2.97. The van der Waals surface area contributed by atoms with Crippen LogP contribution in [0, 0.1) is 0 Å². The van der Waals surface area contributed by atoms with Crippen molar-refractivity contribution in [3.63, 3.8) is 0 Å². The lowest BCUT2D eigenvalue weighted by atomic mass is 9.90. The number of hydrogen-bond acceptors (Lipinski definition) is 5. The van der Waals surface area contributed by atoms with Gasteiger partial charge in [-0.05, 0) is 0 Å². The van der Waals surface area contributed by atoms with Crippen molar-refractivity contribution < 1.29 is 20.4 Å². The van der Waals surface area contributed by atoms with Gasteiger partial charge in [0, 0.05) is 13.1 Å². The molecule has 0 bridgehead atoms. The molecule has 0 aromatic heterocycles. The van der Waals surface area contributed by atoms with E-state index in [0.717, 1.165) is 0 Å². The summed E-state index contributed by atoms with van der Waals surface area (Å²) in [5, 5.41) is 39.0. The number of hydrogen-bond donors (Lipinski definition) is 5. The van der Waals surface area contributed by atoms with Crippen LogP contribution in [-0.4, -0.2) is 57.9 Å². The number of nitrogens with one attached hydrogen (secondary N) is 1. The van der Waals surface area contributed by atoms with E-state index in [-0.39, 0.29) is 13.1 Å². The number of aliphatic hydroxyl groups is 4. The van der Waals surface area contributed by atoms with Crippen molar-refractivity contribution in [1.82, 2.24) is 5.32 Å². The summed E-state index contributed by atoms with van der Waals surface area (Å²) >= 11 is 0. The Morgan fingerprint density at radius 3 is 2.55 bits per heavy atom. The van der Waals surface area contributed by atoms with Crippen LogP contribution in [0.1, 0.15) is 0 Å². The number of β-amino-alcohol motifs (C(OH)–C–C–N with tert-alkyl or cyclic N) is 2. The molecular formula is C6H13NO4. The summed E-state index contributed by atoms with van der Waals surface area (Å²) in [6, 6.07) is 0. The summed E-state index contributed by atoms with van der Waals surface area (Å²) in [5.41, 5.74) is -1.60. The zero-order valence-electron chi connectivity index (χ0n) is 6.06. The van der Waals surface area contributed by atoms with Crippen molar-refractivity contribution in [2.45, 2.75) is 17.8 Å². The van der Waals surface area contributed by atoms with Gasteiger partial charge < -0.3 is 25.7 Å². The Morgan fingerprint density at radius 1 is 1.45 bits per heavy atom. The fourth-order valence-corrected chi connectivity index (χ4v) is 1.16. The molecule has 0 aromatic rings. The maximum Gasteiger partial charge on any atom is 0.128 e. The van der Waals surface area contributed by atoms with E-state index in [1.54, 1.807) is 0 Å². The molecular weight excluding hydrogens is 150 g/mol. The second kappa shape index (κ2) is 3.04. The maximum absolute atomic E-state index is 9.40. The topological polar surface area (TPSA) is 93.0 Å². The molecule has 0 saturated carbocycles. The molecule has 0 unspecified atom stereocenters. The highest BCUT2D eigenvalue weighted by Crippen LogP contribution is 2.15. The van der Waals surface area contributed by atoms with Crippen LogP contribution in [0.2, 0.25) is 0 Å². The average Bonchev–Trinajstić information content (AvgIpc) is 2.00. The first-order valence-electron chi connectivity index (χ1n) is 3.50. The van der Waals surface area contributed by atoms with Gasteiger partial charge >= 0.3 is 0 Å². The quantitative estimate of drug-likeness (QED) is 0.285. The second-order valence-corrected chi connectivity index (χ2v) is 2.90. The third-order valence-electron chi connectivity index (χ3n) is 1.97. The fourth-order valence-electron chi connectivity index (χ4n) is 1.16. The van der Waals surface area contributed by atoms with Crippen molar-refractivity contribution >= 4 is 0 Å². The summed E-state index contributed by atoms with van der Waals surface area (Å²) < 4.78 is 0. The Morgan fingerprint density at radius 2 is 2.09 bits per heavy atom. The van der Waals surface area contributed by atoms with Crippen LogP contribution >= 0.6 is 0 Å². The number of piperidine rings is 1.